The van der Waals surface area contributed by atoms with Gasteiger partial charge >= 0.3 is 6.09 Å². The molecule has 0 saturated carbocycles. The molecule has 0 aliphatic carbocycles. The maximum absolute atomic E-state index is 10.9. The van der Waals surface area contributed by atoms with Gasteiger partial charge in [0, 0.05) is 6.04 Å². The maximum Gasteiger partial charge on any atom is 0.408 e. The lowest BCUT2D eigenvalue weighted by atomic mass is 10.3. The summed E-state index contributed by atoms with van der Waals surface area (Å²) in [5, 5.41) is 5.25. The Morgan fingerprint density at radius 1 is 1.36 bits per heavy atom. The van der Waals surface area contributed by atoms with E-state index in [9.17, 15) is 4.79 Å². The van der Waals surface area contributed by atoms with E-state index in [1.807, 2.05) is 13.8 Å². The van der Waals surface area contributed by atoms with Crippen molar-refractivity contribution in [3.63, 3.8) is 0 Å². The molecule has 0 aliphatic heterocycles. The van der Waals surface area contributed by atoms with E-state index in [1.54, 1.807) is 0 Å². The van der Waals surface area contributed by atoms with Crippen LogP contribution in [0, 0.1) is 0 Å². The van der Waals surface area contributed by atoms with Crippen LogP contribution in [-0.4, -0.2) is 29.2 Å². The van der Waals surface area contributed by atoms with Crippen molar-refractivity contribution >= 4 is 40.9 Å². The first-order chi connectivity index (χ1) is 6.27. The minimum absolute atomic E-state index is 0.0628. The highest BCUT2D eigenvalue weighted by atomic mass is 35.6. The highest BCUT2D eigenvalue weighted by molar-refractivity contribution is 6.68. The first kappa shape index (κ1) is 14.1. The minimum atomic E-state index is -1.63. The minimum Gasteiger partial charge on any atom is -0.453 e. The predicted octanol–water partition coefficient (Wildman–Crippen LogP) is 2.04. The monoisotopic (exact) mass is 262 g/mol. The molecule has 4 nitrogen and oxygen atoms in total. The van der Waals surface area contributed by atoms with Crippen molar-refractivity contribution in [1.29, 1.82) is 0 Å². The van der Waals surface area contributed by atoms with Gasteiger partial charge in [-0.05, 0) is 13.8 Å². The number of amides is 1. The van der Waals surface area contributed by atoms with E-state index in [2.05, 4.69) is 15.4 Å². The topological polar surface area (TPSA) is 50.4 Å². The van der Waals surface area contributed by atoms with E-state index < -0.39 is 16.1 Å². The average molecular weight is 264 g/mol. The number of hydrogen-bond acceptors (Lipinski definition) is 3. The Morgan fingerprint density at radius 2 is 1.86 bits per heavy atom. The SMILES string of the molecule is COC(=O)NC(NC(C)C)C(Cl)(Cl)Cl. The zero-order valence-electron chi connectivity index (χ0n) is 8.11. The molecule has 0 radical (unpaired) electrons. The summed E-state index contributed by atoms with van der Waals surface area (Å²) < 4.78 is 2.76. The van der Waals surface area contributed by atoms with Crippen LogP contribution in [0.5, 0.6) is 0 Å². The number of methoxy groups -OCH3 is 1. The van der Waals surface area contributed by atoms with Gasteiger partial charge in [-0.25, -0.2) is 4.79 Å². The zero-order valence-corrected chi connectivity index (χ0v) is 10.4. The Labute approximate surface area is 98.2 Å². The van der Waals surface area contributed by atoms with E-state index in [0.29, 0.717) is 0 Å². The fourth-order valence-corrected chi connectivity index (χ4v) is 1.08. The van der Waals surface area contributed by atoms with Gasteiger partial charge in [-0.1, -0.05) is 34.8 Å². The van der Waals surface area contributed by atoms with Crippen molar-refractivity contribution in [3.8, 4) is 0 Å². The number of carbonyl (C=O) groups excluding carboxylic acids is 1. The number of ether oxygens (including phenoxy) is 1. The lowest BCUT2D eigenvalue weighted by molar-refractivity contribution is 0.163. The summed E-state index contributed by atoms with van der Waals surface area (Å²) in [4.78, 5) is 10.9. The molecule has 0 aromatic heterocycles. The lowest BCUT2D eigenvalue weighted by Crippen LogP contribution is -2.55. The molecule has 14 heavy (non-hydrogen) atoms. The maximum atomic E-state index is 10.9. The Hall–Kier alpha value is 0.1000. The van der Waals surface area contributed by atoms with Crippen molar-refractivity contribution in [2.75, 3.05) is 7.11 Å². The van der Waals surface area contributed by atoms with Crippen molar-refractivity contribution in [2.45, 2.75) is 29.8 Å². The van der Waals surface area contributed by atoms with E-state index in [4.69, 9.17) is 34.8 Å². The number of rotatable bonds is 3. The molecule has 0 bridgehead atoms. The Morgan fingerprint density at radius 3 is 2.14 bits per heavy atom. The number of hydrogen-bond donors (Lipinski definition) is 2. The van der Waals surface area contributed by atoms with Crippen LogP contribution in [0.25, 0.3) is 0 Å². The third-order valence-corrected chi connectivity index (χ3v) is 1.93. The molecular formula is C7H13Cl3N2O2. The van der Waals surface area contributed by atoms with Crippen molar-refractivity contribution < 1.29 is 9.53 Å². The van der Waals surface area contributed by atoms with Crippen LogP contribution in [0.15, 0.2) is 0 Å². The second kappa shape index (κ2) is 5.85. The van der Waals surface area contributed by atoms with Gasteiger partial charge in [0.15, 0.2) is 0 Å². The van der Waals surface area contributed by atoms with Gasteiger partial charge in [-0.15, -0.1) is 0 Å². The van der Waals surface area contributed by atoms with Gasteiger partial charge in [-0.3, -0.25) is 5.32 Å². The molecule has 1 amide bonds. The summed E-state index contributed by atoms with van der Waals surface area (Å²) in [6.07, 6.45) is -1.45. The van der Waals surface area contributed by atoms with Gasteiger partial charge in [0.1, 0.15) is 6.17 Å². The van der Waals surface area contributed by atoms with E-state index in [-0.39, 0.29) is 6.04 Å². The number of halogens is 3. The quantitative estimate of drug-likeness (QED) is 0.605. The molecule has 1 unspecified atom stereocenters. The lowest BCUT2D eigenvalue weighted by Gasteiger charge is -2.27. The van der Waals surface area contributed by atoms with Crippen molar-refractivity contribution in [3.05, 3.63) is 0 Å². The fourth-order valence-electron chi connectivity index (χ4n) is 0.728. The van der Waals surface area contributed by atoms with Gasteiger partial charge in [0.2, 0.25) is 3.79 Å². The summed E-state index contributed by atoms with van der Waals surface area (Å²) in [5.41, 5.74) is 0. The second-order valence-corrected chi connectivity index (χ2v) is 5.30. The summed E-state index contributed by atoms with van der Waals surface area (Å²) >= 11 is 16.9. The van der Waals surface area contributed by atoms with Gasteiger partial charge in [0.25, 0.3) is 0 Å². The number of carbonyl (C=O) groups is 1. The number of alkyl carbamates (subject to hydrolysis) is 1. The Balaban J connectivity index is 4.33. The third kappa shape index (κ3) is 5.75. The second-order valence-electron chi connectivity index (χ2n) is 2.93. The van der Waals surface area contributed by atoms with Gasteiger partial charge in [0.05, 0.1) is 7.11 Å². The Kier molecular flexibility index (Phi) is 5.90. The molecule has 2 N–H and O–H groups in total. The molecule has 0 aromatic rings. The van der Waals surface area contributed by atoms with E-state index in [0.717, 1.165) is 0 Å². The standard InChI is InChI=1S/C7H13Cl3N2O2/c1-4(2)11-5(7(8,9)10)12-6(13)14-3/h4-5,11H,1-3H3,(H,12,13). The Bertz CT molecular complexity index is 194. The molecule has 0 saturated heterocycles. The first-order valence-corrected chi connectivity index (χ1v) is 5.08. The molecule has 0 aliphatic rings. The summed E-state index contributed by atoms with van der Waals surface area (Å²) in [6, 6.07) is 0.0628. The van der Waals surface area contributed by atoms with Gasteiger partial charge in [-0.2, -0.15) is 0 Å². The molecule has 0 aromatic carbocycles. The van der Waals surface area contributed by atoms with Crippen LogP contribution in [0.4, 0.5) is 4.79 Å². The highest BCUT2D eigenvalue weighted by Gasteiger charge is 2.34. The summed E-state index contributed by atoms with van der Waals surface area (Å²) in [6.45, 7) is 3.73. The molecule has 1 atom stereocenters. The van der Waals surface area contributed by atoms with Crippen molar-refractivity contribution in [2.24, 2.45) is 0 Å². The predicted molar refractivity (Wildman–Crippen MR) is 57.9 cm³/mol. The van der Waals surface area contributed by atoms with Crippen LogP contribution >= 0.6 is 34.8 Å². The average Bonchev–Trinajstić information content (AvgIpc) is 2.00. The zero-order chi connectivity index (χ0) is 11.4. The third-order valence-electron chi connectivity index (χ3n) is 1.27. The van der Waals surface area contributed by atoms with E-state index in [1.165, 1.54) is 7.11 Å². The normalized spacial score (nSPS) is 13.9. The summed E-state index contributed by atoms with van der Waals surface area (Å²) in [5.74, 6) is 0. The highest BCUT2D eigenvalue weighted by Crippen LogP contribution is 2.29. The van der Waals surface area contributed by atoms with Crippen LogP contribution in [0.2, 0.25) is 0 Å². The smallest absolute Gasteiger partial charge is 0.408 e. The van der Waals surface area contributed by atoms with Gasteiger partial charge < -0.3 is 10.1 Å². The van der Waals surface area contributed by atoms with Crippen LogP contribution in [-0.2, 0) is 4.74 Å². The molecule has 7 heteroatoms. The molecule has 0 heterocycles. The number of nitrogens with one attached hydrogen (secondary N) is 2. The van der Waals surface area contributed by atoms with Crippen molar-refractivity contribution in [1.82, 2.24) is 10.6 Å². The molecule has 0 spiro atoms. The first-order valence-electron chi connectivity index (χ1n) is 3.94. The van der Waals surface area contributed by atoms with Crippen LogP contribution < -0.4 is 10.6 Å². The molecule has 0 rings (SSSR count). The summed E-state index contributed by atoms with van der Waals surface area (Å²) in [7, 11) is 1.24. The largest absolute Gasteiger partial charge is 0.453 e. The molecule has 0 fully saturated rings. The molecule has 84 valence electrons. The number of alkyl halides is 3. The van der Waals surface area contributed by atoms with Crippen LogP contribution in [0.1, 0.15) is 13.8 Å². The van der Waals surface area contributed by atoms with E-state index >= 15 is 0 Å². The van der Waals surface area contributed by atoms with Crippen LogP contribution in [0.3, 0.4) is 0 Å². The molecular weight excluding hydrogens is 250 g/mol. The fraction of sp³-hybridized carbons (Fsp3) is 0.857.